The van der Waals surface area contributed by atoms with Gasteiger partial charge >= 0.3 is 5.97 Å². The number of nitrogens with zero attached hydrogens (tertiary/aromatic N) is 1. The van der Waals surface area contributed by atoms with E-state index >= 15 is 0 Å². The van der Waals surface area contributed by atoms with Gasteiger partial charge in [0.25, 0.3) is 6.23 Å². The van der Waals surface area contributed by atoms with Crippen LogP contribution in [0, 0.1) is 0 Å². The molecule has 1 aromatic heterocycles. The molecule has 1 saturated heterocycles. The Morgan fingerprint density at radius 1 is 1.42 bits per heavy atom. The molecule has 0 bridgehead atoms. The fourth-order valence-corrected chi connectivity index (χ4v) is 3.53. The van der Waals surface area contributed by atoms with Crippen molar-refractivity contribution in [1.82, 2.24) is 0 Å². The van der Waals surface area contributed by atoms with Crippen molar-refractivity contribution in [3.8, 4) is 0 Å². The first kappa shape index (κ1) is 19.2. The van der Waals surface area contributed by atoms with Crippen molar-refractivity contribution in [1.29, 1.82) is 0 Å². The Morgan fingerprint density at radius 3 is 2.88 bits per heavy atom. The molecule has 2 rings (SSSR count). The minimum atomic E-state index is -1.20. The second-order valence-electron chi connectivity index (χ2n) is 5.01. The lowest BCUT2D eigenvalue weighted by Gasteiger charge is -2.10. The zero-order valence-electron chi connectivity index (χ0n) is 12.9. The highest BCUT2D eigenvalue weighted by Gasteiger charge is 2.48. The van der Waals surface area contributed by atoms with Crippen molar-refractivity contribution in [3.63, 3.8) is 0 Å². The number of esters is 1. The largest absolute Gasteiger partial charge is 0.450 e. The maximum Gasteiger partial charge on any atom is 0.345 e. The summed E-state index contributed by atoms with van der Waals surface area (Å²) in [6.45, 7) is 3.19. The van der Waals surface area contributed by atoms with E-state index in [0.29, 0.717) is 5.56 Å². The predicted molar refractivity (Wildman–Crippen MR) is 90.2 cm³/mol. The first-order chi connectivity index (χ1) is 11.6. The molecule has 132 valence electrons. The maximum absolute atomic E-state index is 12.0. The molecule has 0 amide bonds. The van der Waals surface area contributed by atoms with Crippen LogP contribution in [0.3, 0.4) is 0 Å². The number of hydrogen-bond donors (Lipinski definition) is 3. The molecular formula is C15H20NO6S2+. The molecule has 0 radical (unpaired) electrons. The smallest absolute Gasteiger partial charge is 0.345 e. The summed E-state index contributed by atoms with van der Waals surface area (Å²) in [6, 6.07) is 3.20. The predicted octanol–water partition coefficient (Wildman–Crippen LogP) is 0.267. The van der Waals surface area contributed by atoms with Crippen LogP contribution in [-0.2, 0) is 9.47 Å². The van der Waals surface area contributed by atoms with Gasteiger partial charge in [-0.15, -0.1) is 6.58 Å². The lowest BCUT2D eigenvalue weighted by atomic mass is 10.1. The van der Waals surface area contributed by atoms with Gasteiger partial charge in [0.1, 0.15) is 23.7 Å². The zero-order chi connectivity index (χ0) is 17.5. The third-order valence-electron chi connectivity index (χ3n) is 3.38. The molecule has 24 heavy (non-hydrogen) atoms. The summed E-state index contributed by atoms with van der Waals surface area (Å²) in [5.74, 6) is 0.474. The normalized spacial score (nSPS) is 26.3. The van der Waals surface area contributed by atoms with E-state index in [1.54, 1.807) is 24.4 Å². The first-order valence-electron chi connectivity index (χ1n) is 7.24. The van der Waals surface area contributed by atoms with Gasteiger partial charge in [-0.3, -0.25) is 0 Å². The van der Waals surface area contributed by atoms with Gasteiger partial charge in [0.15, 0.2) is 18.5 Å². The van der Waals surface area contributed by atoms with E-state index in [4.69, 9.17) is 14.6 Å². The highest BCUT2D eigenvalue weighted by atomic mass is 33.1. The maximum atomic E-state index is 12.0. The fraction of sp³-hybridized carbons (Fsp3) is 0.467. The van der Waals surface area contributed by atoms with Crippen LogP contribution in [0.25, 0.3) is 0 Å². The van der Waals surface area contributed by atoms with E-state index in [1.807, 2.05) is 0 Å². The van der Waals surface area contributed by atoms with E-state index in [1.165, 1.54) is 32.4 Å². The van der Waals surface area contributed by atoms with Crippen molar-refractivity contribution in [2.24, 2.45) is 0 Å². The van der Waals surface area contributed by atoms with Gasteiger partial charge in [-0.25, -0.2) is 4.79 Å². The zero-order valence-corrected chi connectivity index (χ0v) is 14.5. The quantitative estimate of drug-likeness (QED) is 0.149. The molecule has 1 fully saturated rings. The fourth-order valence-electron chi connectivity index (χ4n) is 2.19. The number of aliphatic hydroxyl groups excluding tert-OH is 3. The number of aliphatic hydroxyl groups is 3. The third-order valence-corrected chi connectivity index (χ3v) is 5.33. The van der Waals surface area contributed by atoms with Gasteiger partial charge < -0.3 is 24.8 Å². The van der Waals surface area contributed by atoms with Crippen molar-refractivity contribution >= 4 is 27.6 Å². The SMILES string of the molecule is C=CCSSCOC(=O)c1ccc[n+](C2O[C@H](CO)[C@@H](O)[C@H]2O)c1. The van der Waals surface area contributed by atoms with Gasteiger partial charge in [0.2, 0.25) is 0 Å². The van der Waals surface area contributed by atoms with Crippen LogP contribution in [-0.4, -0.2) is 57.9 Å². The summed E-state index contributed by atoms with van der Waals surface area (Å²) in [6.07, 6.45) is 0.691. The van der Waals surface area contributed by atoms with Gasteiger partial charge in [0.05, 0.1) is 6.61 Å². The molecule has 0 aromatic carbocycles. The number of ether oxygens (including phenoxy) is 2. The van der Waals surface area contributed by atoms with E-state index < -0.39 is 37.1 Å². The van der Waals surface area contributed by atoms with Crippen molar-refractivity contribution in [2.75, 3.05) is 18.3 Å². The molecule has 4 atom stereocenters. The number of carbonyl (C=O) groups excluding carboxylic acids is 1. The van der Waals surface area contributed by atoms with Crippen LogP contribution in [0.15, 0.2) is 37.2 Å². The van der Waals surface area contributed by atoms with E-state index in [9.17, 15) is 15.0 Å². The Morgan fingerprint density at radius 2 is 2.21 bits per heavy atom. The number of aromatic nitrogens is 1. The van der Waals surface area contributed by atoms with Crippen LogP contribution in [0.2, 0.25) is 0 Å². The molecular weight excluding hydrogens is 354 g/mol. The average molecular weight is 374 g/mol. The summed E-state index contributed by atoms with van der Waals surface area (Å²) in [5.41, 5.74) is 0.296. The summed E-state index contributed by atoms with van der Waals surface area (Å²) >= 11 is 0. The van der Waals surface area contributed by atoms with E-state index in [2.05, 4.69) is 6.58 Å². The van der Waals surface area contributed by atoms with Crippen LogP contribution in [0.1, 0.15) is 16.6 Å². The highest BCUT2D eigenvalue weighted by molar-refractivity contribution is 8.76. The average Bonchev–Trinajstić information content (AvgIpc) is 2.89. The first-order valence-corrected chi connectivity index (χ1v) is 9.73. The Hall–Kier alpha value is -1.10. The molecule has 1 aliphatic heterocycles. The Bertz CT molecular complexity index is 573. The number of rotatable bonds is 8. The molecule has 2 heterocycles. The minimum Gasteiger partial charge on any atom is -0.450 e. The van der Waals surface area contributed by atoms with Gasteiger partial charge in [-0.05, 0) is 6.07 Å². The molecule has 0 spiro atoms. The lowest BCUT2D eigenvalue weighted by molar-refractivity contribution is -0.765. The molecule has 7 nitrogen and oxygen atoms in total. The molecule has 9 heteroatoms. The number of pyridine rings is 1. The molecule has 1 unspecified atom stereocenters. The van der Waals surface area contributed by atoms with E-state index in [-0.39, 0.29) is 5.94 Å². The second-order valence-corrected chi connectivity index (χ2v) is 7.46. The third kappa shape index (κ3) is 4.71. The summed E-state index contributed by atoms with van der Waals surface area (Å²) in [7, 11) is 2.93. The molecule has 1 aromatic rings. The van der Waals surface area contributed by atoms with Gasteiger partial charge in [0, 0.05) is 11.8 Å². The topological polar surface area (TPSA) is 100 Å². The molecule has 0 saturated carbocycles. The van der Waals surface area contributed by atoms with Gasteiger partial charge in [-0.2, -0.15) is 4.57 Å². The summed E-state index contributed by atoms with van der Waals surface area (Å²) in [5, 5.41) is 29.0. The monoisotopic (exact) mass is 374 g/mol. The molecule has 0 aliphatic carbocycles. The Kier molecular flexibility index (Phi) is 7.53. The Labute approximate surface area is 147 Å². The molecule has 3 N–H and O–H groups in total. The minimum absolute atomic E-state index is 0.208. The summed E-state index contributed by atoms with van der Waals surface area (Å²) in [4.78, 5) is 12.0. The van der Waals surface area contributed by atoms with Crippen LogP contribution < -0.4 is 4.57 Å². The van der Waals surface area contributed by atoms with Crippen LogP contribution in [0.5, 0.6) is 0 Å². The standard InChI is InChI=1S/C15H20NO6S2/c1-2-6-23-24-9-21-15(20)10-4-3-5-16(7-10)14-13(19)12(18)11(8-17)22-14/h2-5,7,11-14,17-19H,1,6,8-9H2/q+1/t11-,12-,13-,14?/m1/s1. The number of hydrogen-bond acceptors (Lipinski definition) is 8. The number of carbonyl (C=O) groups is 1. The van der Waals surface area contributed by atoms with Crippen molar-refractivity contribution < 1.29 is 34.2 Å². The lowest BCUT2D eigenvalue weighted by Crippen LogP contribution is -2.46. The Balaban J connectivity index is 1.98. The molecule has 1 aliphatic rings. The van der Waals surface area contributed by atoms with Crippen LogP contribution >= 0.6 is 21.6 Å². The van der Waals surface area contributed by atoms with Crippen LogP contribution in [0.4, 0.5) is 0 Å². The van der Waals surface area contributed by atoms with Gasteiger partial charge in [-0.1, -0.05) is 27.7 Å². The van der Waals surface area contributed by atoms with E-state index in [0.717, 1.165) is 5.75 Å². The summed E-state index contributed by atoms with van der Waals surface area (Å²) < 4.78 is 12.0. The van der Waals surface area contributed by atoms with Crippen molar-refractivity contribution in [3.05, 3.63) is 42.7 Å². The highest BCUT2D eigenvalue weighted by Crippen LogP contribution is 2.25. The van der Waals surface area contributed by atoms with Crippen molar-refractivity contribution in [2.45, 2.75) is 24.5 Å². The second kappa shape index (κ2) is 9.40.